The summed E-state index contributed by atoms with van der Waals surface area (Å²) in [7, 11) is 0. The molecule has 0 radical (unpaired) electrons. The molecule has 0 rings (SSSR count). The Morgan fingerprint density at radius 1 is 0.923 bits per heavy atom. The average Bonchev–Trinajstić information content (AvgIpc) is 2.17. The van der Waals surface area contributed by atoms with Crippen LogP contribution in [0.2, 0.25) is 0 Å². The van der Waals surface area contributed by atoms with Gasteiger partial charge in [-0.2, -0.15) is 0 Å². The van der Waals surface area contributed by atoms with E-state index in [4.69, 9.17) is 5.11 Å². The molecule has 13 heavy (non-hydrogen) atoms. The van der Waals surface area contributed by atoms with Gasteiger partial charge in [0.05, 0.1) is 6.10 Å². The summed E-state index contributed by atoms with van der Waals surface area (Å²) in [5, 5.41) is 8.67. The minimum absolute atomic E-state index is 0.0648. The SMILES string of the molecule is CCC(C)(C)CC.CCC(O)CC. The van der Waals surface area contributed by atoms with Crippen molar-refractivity contribution in [3.63, 3.8) is 0 Å². The summed E-state index contributed by atoms with van der Waals surface area (Å²) < 4.78 is 0. The maximum atomic E-state index is 8.67. The van der Waals surface area contributed by atoms with Crippen molar-refractivity contribution in [1.82, 2.24) is 0 Å². The zero-order chi connectivity index (χ0) is 10.9. The molecule has 0 atom stereocenters. The van der Waals surface area contributed by atoms with E-state index < -0.39 is 0 Å². The van der Waals surface area contributed by atoms with E-state index >= 15 is 0 Å². The maximum Gasteiger partial charge on any atom is 0.0535 e. The first-order valence-corrected chi connectivity index (χ1v) is 5.61. The van der Waals surface area contributed by atoms with Gasteiger partial charge in [0, 0.05) is 0 Å². The fourth-order valence-corrected chi connectivity index (χ4v) is 0.539. The lowest BCUT2D eigenvalue weighted by Gasteiger charge is -2.18. The first-order chi connectivity index (χ1) is 5.93. The van der Waals surface area contributed by atoms with E-state index in [0.717, 1.165) is 12.8 Å². The summed E-state index contributed by atoms with van der Waals surface area (Å²) in [6, 6.07) is 0. The van der Waals surface area contributed by atoms with Gasteiger partial charge < -0.3 is 5.11 Å². The highest BCUT2D eigenvalue weighted by Crippen LogP contribution is 2.22. The maximum absolute atomic E-state index is 8.67. The number of hydrogen-bond acceptors (Lipinski definition) is 1. The molecule has 0 bridgehead atoms. The van der Waals surface area contributed by atoms with Gasteiger partial charge in [-0.25, -0.2) is 0 Å². The minimum Gasteiger partial charge on any atom is -0.393 e. The van der Waals surface area contributed by atoms with E-state index in [1.165, 1.54) is 12.8 Å². The number of hydrogen-bond donors (Lipinski definition) is 1. The van der Waals surface area contributed by atoms with Gasteiger partial charge in [-0.1, -0.05) is 54.4 Å². The van der Waals surface area contributed by atoms with Crippen LogP contribution >= 0.6 is 0 Å². The Morgan fingerprint density at radius 2 is 1.23 bits per heavy atom. The van der Waals surface area contributed by atoms with Crippen molar-refractivity contribution >= 4 is 0 Å². The Balaban J connectivity index is 0. The van der Waals surface area contributed by atoms with Crippen LogP contribution in [0.15, 0.2) is 0 Å². The molecule has 82 valence electrons. The van der Waals surface area contributed by atoms with Crippen LogP contribution in [-0.4, -0.2) is 11.2 Å². The topological polar surface area (TPSA) is 20.2 Å². The van der Waals surface area contributed by atoms with Gasteiger partial charge >= 0.3 is 0 Å². The predicted octanol–water partition coefficient (Wildman–Crippen LogP) is 4.00. The van der Waals surface area contributed by atoms with Crippen molar-refractivity contribution in [2.75, 3.05) is 0 Å². The van der Waals surface area contributed by atoms with Crippen LogP contribution < -0.4 is 0 Å². The van der Waals surface area contributed by atoms with Crippen molar-refractivity contribution in [2.45, 2.75) is 73.3 Å². The molecule has 0 aromatic heterocycles. The number of aliphatic hydroxyl groups is 1. The van der Waals surface area contributed by atoms with E-state index in [9.17, 15) is 0 Å². The van der Waals surface area contributed by atoms with Gasteiger partial charge in [0.25, 0.3) is 0 Å². The molecule has 0 aliphatic rings. The zero-order valence-corrected chi connectivity index (χ0v) is 10.4. The Labute approximate surface area is 84.6 Å². The summed E-state index contributed by atoms with van der Waals surface area (Å²) in [6.07, 6.45) is 4.30. The van der Waals surface area contributed by atoms with Crippen molar-refractivity contribution in [3.8, 4) is 0 Å². The van der Waals surface area contributed by atoms with Crippen LogP contribution in [0.25, 0.3) is 0 Å². The molecule has 1 heteroatoms. The van der Waals surface area contributed by atoms with E-state index in [0.29, 0.717) is 5.41 Å². The van der Waals surface area contributed by atoms with E-state index in [-0.39, 0.29) is 6.10 Å². The molecule has 1 N–H and O–H groups in total. The molecular formula is C12H28O. The fourth-order valence-electron chi connectivity index (χ4n) is 0.539. The second-order valence-corrected chi connectivity index (χ2v) is 4.34. The largest absolute Gasteiger partial charge is 0.393 e. The second-order valence-electron chi connectivity index (χ2n) is 4.34. The summed E-state index contributed by atoms with van der Waals surface area (Å²) in [5.41, 5.74) is 0.583. The number of rotatable bonds is 4. The van der Waals surface area contributed by atoms with Crippen molar-refractivity contribution < 1.29 is 5.11 Å². The van der Waals surface area contributed by atoms with Gasteiger partial charge in [0.2, 0.25) is 0 Å². The standard InChI is InChI=1S/C7H16.C5H12O/c1-5-7(3,4)6-2;1-3-5(6)4-2/h5-6H2,1-4H3;5-6H,3-4H2,1-2H3. The summed E-state index contributed by atoms with van der Waals surface area (Å²) in [4.78, 5) is 0. The lowest BCUT2D eigenvalue weighted by Crippen LogP contribution is -2.05. The average molecular weight is 188 g/mol. The van der Waals surface area contributed by atoms with E-state index in [1.807, 2.05) is 13.8 Å². The molecule has 0 amide bonds. The molecule has 0 aromatic rings. The molecule has 0 fully saturated rings. The van der Waals surface area contributed by atoms with Gasteiger partial charge in [0.1, 0.15) is 0 Å². The fraction of sp³-hybridized carbons (Fsp3) is 1.00. The Morgan fingerprint density at radius 3 is 1.23 bits per heavy atom. The molecule has 0 aliphatic carbocycles. The molecular weight excluding hydrogens is 160 g/mol. The normalized spacial score (nSPS) is 11.1. The third-order valence-electron chi connectivity index (χ3n) is 2.86. The number of aliphatic hydroxyl groups excluding tert-OH is 1. The van der Waals surface area contributed by atoms with Crippen LogP contribution in [0.4, 0.5) is 0 Å². The van der Waals surface area contributed by atoms with Crippen molar-refractivity contribution in [3.05, 3.63) is 0 Å². The molecule has 0 spiro atoms. The van der Waals surface area contributed by atoms with Crippen LogP contribution in [0.3, 0.4) is 0 Å². The highest BCUT2D eigenvalue weighted by atomic mass is 16.3. The van der Waals surface area contributed by atoms with Crippen molar-refractivity contribution in [2.24, 2.45) is 5.41 Å². The second kappa shape index (κ2) is 8.55. The minimum atomic E-state index is -0.0648. The first kappa shape index (κ1) is 15.4. The van der Waals surface area contributed by atoms with Crippen LogP contribution in [-0.2, 0) is 0 Å². The highest BCUT2D eigenvalue weighted by Gasteiger charge is 2.09. The molecule has 1 nitrogen and oxygen atoms in total. The summed E-state index contributed by atoms with van der Waals surface area (Å²) in [6.45, 7) is 13.0. The predicted molar refractivity (Wildman–Crippen MR) is 61.0 cm³/mol. The third kappa shape index (κ3) is 12.0. The molecule has 0 aromatic carbocycles. The molecule has 0 saturated carbocycles. The van der Waals surface area contributed by atoms with Gasteiger partial charge in [-0.15, -0.1) is 0 Å². The Kier molecular flexibility index (Phi) is 10.2. The van der Waals surface area contributed by atoms with Gasteiger partial charge in [-0.05, 0) is 18.3 Å². The lowest BCUT2D eigenvalue weighted by atomic mass is 9.88. The van der Waals surface area contributed by atoms with Gasteiger partial charge in [0.15, 0.2) is 0 Å². The molecule has 0 heterocycles. The van der Waals surface area contributed by atoms with Crippen LogP contribution in [0.5, 0.6) is 0 Å². The van der Waals surface area contributed by atoms with Crippen LogP contribution in [0.1, 0.15) is 67.2 Å². The van der Waals surface area contributed by atoms with Crippen LogP contribution in [0, 0.1) is 5.41 Å². The first-order valence-electron chi connectivity index (χ1n) is 5.61. The Bertz CT molecular complexity index is 87.3. The lowest BCUT2D eigenvalue weighted by molar-refractivity contribution is 0.166. The smallest absolute Gasteiger partial charge is 0.0535 e. The van der Waals surface area contributed by atoms with Crippen molar-refractivity contribution in [1.29, 1.82) is 0 Å². The summed E-state index contributed by atoms with van der Waals surface area (Å²) in [5.74, 6) is 0. The van der Waals surface area contributed by atoms with Gasteiger partial charge in [-0.3, -0.25) is 0 Å². The molecule has 0 aliphatic heterocycles. The quantitative estimate of drug-likeness (QED) is 0.707. The molecule has 0 saturated heterocycles. The van der Waals surface area contributed by atoms with E-state index in [1.54, 1.807) is 0 Å². The van der Waals surface area contributed by atoms with E-state index in [2.05, 4.69) is 27.7 Å². The zero-order valence-electron chi connectivity index (χ0n) is 10.4. The highest BCUT2D eigenvalue weighted by molar-refractivity contribution is 4.61. The monoisotopic (exact) mass is 188 g/mol. The third-order valence-corrected chi connectivity index (χ3v) is 2.86. The summed E-state index contributed by atoms with van der Waals surface area (Å²) >= 11 is 0. The Hall–Kier alpha value is -0.0400. The molecule has 0 unspecified atom stereocenters.